The average Bonchev–Trinajstić information content (AvgIpc) is 2.25. The van der Waals surface area contributed by atoms with Crippen LogP contribution in [0.2, 0.25) is 0 Å². The van der Waals surface area contributed by atoms with E-state index < -0.39 is 0 Å². The summed E-state index contributed by atoms with van der Waals surface area (Å²) >= 11 is 3.53. The molecular formula is C13H18BrNO. The van der Waals surface area contributed by atoms with Crippen LogP contribution in [0, 0.1) is 12.8 Å². The van der Waals surface area contributed by atoms with Gasteiger partial charge in [-0.3, -0.25) is 0 Å². The van der Waals surface area contributed by atoms with E-state index in [0.29, 0.717) is 6.10 Å². The van der Waals surface area contributed by atoms with Gasteiger partial charge in [0.1, 0.15) is 6.10 Å². The molecule has 3 heteroatoms. The molecular weight excluding hydrogens is 266 g/mol. The second kappa shape index (κ2) is 5.17. The number of halogens is 1. The molecule has 2 rings (SSSR count). The van der Waals surface area contributed by atoms with Crippen LogP contribution in [0.3, 0.4) is 0 Å². The van der Waals surface area contributed by atoms with E-state index in [1.807, 2.05) is 12.3 Å². The highest BCUT2D eigenvalue weighted by atomic mass is 79.9. The quantitative estimate of drug-likeness (QED) is 0.815. The van der Waals surface area contributed by atoms with Crippen molar-refractivity contribution in [3.63, 3.8) is 0 Å². The van der Waals surface area contributed by atoms with Gasteiger partial charge in [-0.25, -0.2) is 4.98 Å². The van der Waals surface area contributed by atoms with Gasteiger partial charge in [0.25, 0.3) is 0 Å². The molecule has 16 heavy (non-hydrogen) atoms. The Balaban J connectivity index is 2.05. The van der Waals surface area contributed by atoms with Gasteiger partial charge >= 0.3 is 0 Å². The highest BCUT2D eigenvalue weighted by molar-refractivity contribution is 9.10. The summed E-state index contributed by atoms with van der Waals surface area (Å²) in [5, 5.41) is 0. The zero-order chi connectivity index (χ0) is 11.5. The van der Waals surface area contributed by atoms with Crippen molar-refractivity contribution < 1.29 is 4.74 Å². The van der Waals surface area contributed by atoms with Gasteiger partial charge < -0.3 is 4.74 Å². The molecule has 88 valence electrons. The van der Waals surface area contributed by atoms with E-state index in [1.54, 1.807) is 0 Å². The van der Waals surface area contributed by atoms with E-state index >= 15 is 0 Å². The van der Waals surface area contributed by atoms with Gasteiger partial charge in [0.05, 0.1) is 4.47 Å². The second-order valence-electron chi connectivity index (χ2n) is 4.76. The highest BCUT2D eigenvalue weighted by Gasteiger charge is 2.21. The molecule has 0 aromatic carbocycles. The monoisotopic (exact) mass is 283 g/mol. The van der Waals surface area contributed by atoms with Gasteiger partial charge in [0.2, 0.25) is 5.88 Å². The molecule has 0 radical (unpaired) electrons. The van der Waals surface area contributed by atoms with Crippen molar-refractivity contribution in [2.24, 2.45) is 5.92 Å². The van der Waals surface area contributed by atoms with Crippen LogP contribution in [0.15, 0.2) is 16.7 Å². The van der Waals surface area contributed by atoms with Crippen LogP contribution in [-0.4, -0.2) is 11.1 Å². The van der Waals surface area contributed by atoms with Gasteiger partial charge in [-0.2, -0.15) is 0 Å². The van der Waals surface area contributed by atoms with Gasteiger partial charge in [0.15, 0.2) is 0 Å². The number of aryl methyl sites for hydroxylation is 1. The Labute approximate surface area is 106 Å². The fraction of sp³-hybridized carbons (Fsp3) is 0.615. The van der Waals surface area contributed by atoms with Crippen LogP contribution in [0.1, 0.15) is 38.2 Å². The van der Waals surface area contributed by atoms with Crippen molar-refractivity contribution in [2.45, 2.75) is 45.6 Å². The molecule has 1 heterocycles. The Bertz CT molecular complexity index is 367. The summed E-state index contributed by atoms with van der Waals surface area (Å²) in [6, 6.07) is 1.99. The maximum Gasteiger partial charge on any atom is 0.228 e. The van der Waals surface area contributed by atoms with E-state index in [1.165, 1.54) is 18.4 Å². The predicted octanol–water partition coefficient (Wildman–Crippen LogP) is 4.11. The van der Waals surface area contributed by atoms with Crippen LogP contribution < -0.4 is 4.74 Å². The Morgan fingerprint density at radius 1 is 1.44 bits per heavy atom. The molecule has 1 aromatic rings. The van der Waals surface area contributed by atoms with Crippen molar-refractivity contribution in [3.05, 3.63) is 22.3 Å². The third-order valence-corrected chi connectivity index (χ3v) is 4.18. The average molecular weight is 284 g/mol. The zero-order valence-electron chi connectivity index (χ0n) is 9.87. The van der Waals surface area contributed by atoms with Crippen LogP contribution in [0.25, 0.3) is 0 Å². The lowest BCUT2D eigenvalue weighted by Crippen LogP contribution is -2.24. The molecule has 0 amide bonds. The SMILES string of the molecule is Cc1ccnc(OC2CCCC(C)C2)c1Br. The van der Waals surface area contributed by atoms with E-state index in [4.69, 9.17) is 4.74 Å². The molecule has 0 N–H and O–H groups in total. The lowest BCUT2D eigenvalue weighted by molar-refractivity contribution is 0.123. The second-order valence-corrected chi connectivity index (χ2v) is 5.55. The molecule has 2 nitrogen and oxygen atoms in total. The van der Waals surface area contributed by atoms with Crippen molar-refractivity contribution in [1.82, 2.24) is 4.98 Å². The molecule has 0 spiro atoms. The van der Waals surface area contributed by atoms with Crippen molar-refractivity contribution in [1.29, 1.82) is 0 Å². The molecule has 2 atom stereocenters. The number of nitrogens with zero attached hydrogens (tertiary/aromatic N) is 1. The standard InChI is InChI=1S/C13H18BrNO/c1-9-4-3-5-11(8-9)16-13-12(14)10(2)6-7-15-13/h6-7,9,11H,3-5,8H2,1-2H3. The molecule has 1 aliphatic carbocycles. The van der Waals surface area contributed by atoms with Crippen LogP contribution in [0.5, 0.6) is 5.88 Å². The molecule has 1 fully saturated rings. The molecule has 0 saturated heterocycles. The Kier molecular flexibility index (Phi) is 3.85. The first-order chi connectivity index (χ1) is 7.66. The molecule has 0 bridgehead atoms. The number of rotatable bonds is 2. The van der Waals surface area contributed by atoms with Gasteiger partial charge in [-0.1, -0.05) is 13.3 Å². The number of pyridine rings is 1. The fourth-order valence-corrected chi connectivity index (χ4v) is 2.57. The summed E-state index contributed by atoms with van der Waals surface area (Å²) in [5.41, 5.74) is 1.17. The fourth-order valence-electron chi connectivity index (χ4n) is 2.24. The number of aromatic nitrogens is 1. The third-order valence-electron chi connectivity index (χ3n) is 3.22. The maximum absolute atomic E-state index is 5.98. The molecule has 0 aliphatic heterocycles. The minimum absolute atomic E-state index is 0.342. The first kappa shape index (κ1) is 11.9. The van der Waals surface area contributed by atoms with Crippen molar-refractivity contribution in [3.8, 4) is 5.88 Å². The third kappa shape index (κ3) is 2.76. The van der Waals surface area contributed by atoms with Crippen molar-refractivity contribution in [2.75, 3.05) is 0 Å². The number of hydrogen-bond donors (Lipinski definition) is 0. The van der Waals surface area contributed by atoms with E-state index in [9.17, 15) is 0 Å². The Morgan fingerprint density at radius 2 is 2.25 bits per heavy atom. The Hall–Kier alpha value is -0.570. The predicted molar refractivity (Wildman–Crippen MR) is 68.7 cm³/mol. The minimum Gasteiger partial charge on any atom is -0.474 e. The van der Waals surface area contributed by atoms with E-state index in [2.05, 4.69) is 34.8 Å². The minimum atomic E-state index is 0.342. The van der Waals surface area contributed by atoms with Crippen LogP contribution in [-0.2, 0) is 0 Å². The summed E-state index contributed by atoms with van der Waals surface area (Å²) in [6.07, 6.45) is 7.07. The summed E-state index contributed by atoms with van der Waals surface area (Å²) in [4.78, 5) is 4.29. The van der Waals surface area contributed by atoms with Gasteiger partial charge in [-0.05, 0) is 59.7 Å². The molecule has 1 aliphatic rings. The molecule has 1 saturated carbocycles. The summed E-state index contributed by atoms with van der Waals surface area (Å²) in [7, 11) is 0. The van der Waals surface area contributed by atoms with Crippen molar-refractivity contribution >= 4 is 15.9 Å². The summed E-state index contributed by atoms with van der Waals surface area (Å²) < 4.78 is 6.97. The zero-order valence-corrected chi connectivity index (χ0v) is 11.5. The molecule has 2 unspecified atom stereocenters. The van der Waals surface area contributed by atoms with E-state index in [-0.39, 0.29) is 0 Å². The summed E-state index contributed by atoms with van der Waals surface area (Å²) in [5.74, 6) is 1.53. The smallest absolute Gasteiger partial charge is 0.228 e. The van der Waals surface area contributed by atoms with E-state index in [0.717, 1.165) is 29.1 Å². The first-order valence-corrected chi connectivity index (χ1v) is 6.74. The first-order valence-electron chi connectivity index (χ1n) is 5.94. The van der Waals surface area contributed by atoms with Gasteiger partial charge in [-0.15, -0.1) is 0 Å². The maximum atomic E-state index is 5.98. The number of ether oxygens (including phenoxy) is 1. The van der Waals surface area contributed by atoms with Crippen LogP contribution in [0.4, 0.5) is 0 Å². The number of hydrogen-bond acceptors (Lipinski definition) is 2. The highest BCUT2D eigenvalue weighted by Crippen LogP contribution is 2.31. The lowest BCUT2D eigenvalue weighted by Gasteiger charge is -2.27. The lowest BCUT2D eigenvalue weighted by atomic mass is 9.89. The summed E-state index contributed by atoms with van der Waals surface area (Å²) in [6.45, 7) is 4.36. The largest absolute Gasteiger partial charge is 0.474 e. The molecule has 1 aromatic heterocycles. The van der Waals surface area contributed by atoms with Gasteiger partial charge in [0, 0.05) is 6.20 Å². The topological polar surface area (TPSA) is 22.1 Å². The van der Waals surface area contributed by atoms with Crippen LogP contribution >= 0.6 is 15.9 Å². The Morgan fingerprint density at radius 3 is 3.00 bits per heavy atom. The normalized spacial score (nSPS) is 25.4.